The lowest BCUT2D eigenvalue weighted by Gasteiger charge is -2.20. The normalized spacial score (nSPS) is 20.2. The molecule has 1 N–H and O–H groups in total. The van der Waals surface area contributed by atoms with E-state index in [1.807, 2.05) is 6.07 Å². The topological polar surface area (TPSA) is 60.2 Å². The molecule has 0 saturated carbocycles. The summed E-state index contributed by atoms with van der Waals surface area (Å²) < 4.78 is 12.8. The Morgan fingerprint density at radius 2 is 2.33 bits per heavy atom. The van der Waals surface area contributed by atoms with Gasteiger partial charge in [-0.15, -0.1) is 11.3 Å². The number of hydrogen-bond donors (Lipinski definition) is 1. The van der Waals surface area contributed by atoms with Gasteiger partial charge in [0.1, 0.15) is 6.10 Å². The SMILES string of the molecule is Brc1cc(-c2nc(C3CNCCO3)no2)c(Br)s1. The number of halogens is 2. The summed E-state index contributed by atoms with van der Waals surface area (Å²) in [6, 6.07) is 1.95. The van der Waals surface area contributed by atoms with Gasteiger partial charge in [-0.1, -0.05) is 5.16 Å². The number of ether oxygens (including phenoxy) is 1. The van der Waals surface area contributed by atoms with Gasteiger partial charge in [-0.05, 0) is 37.9 Å². The van der Waals surface area contributed by atoms with E-state index in [0.29, 0.717) is 24.9 Å². The zero-order valence-corrected chi connectivity index (χ0v) is 13.1. The molecule has 1 unspecified atom stereocenters. The number of morpholine rings is 1. The first-order valence-corrected chi connectivity index (χ1v) is 7.75. The lowest BCUT2D eigenvalue weighted by Crippen LogP contribution is -2.33. The van der Waals surface area contributed by atoms with Gasteiger partial charge in [0.2, 0.25) is 5.82 Å². The molecular weight excluding hydrogens is 386 g/mol. The maximum atomic E-state index is 5.58. The number of rotatable bonds is 2. The zero-order valence-electron chi connectivity index (χ0n) is 9.15. The maximum absolute atomic E-state index is 5.58. The Morgan fingerprint density at radius 1 is 1.44 bits per heavy atom. The quantitative estimate of drug-likeness (QED) is 0.848. The summed E-state index contributed by atoms with van der Waals surface area (Å²) in [6.45, 7) is 2.25. The second-order valence-electron chi connectivity index (χ2n) is 3.76. The van der Waals surface area contributed by atoms with E-state index in [9.17, 15) is 0 Å². The molecule has 1 atom stereocenters. The van der Waals surface area contributed by atoms with Gasteiger partial charge in [0.25, 0.3) is 5.89 Å². The molecule has 1 saturated heterocycles. The van der Waals surface area contributed by atoms with Crippen molar-refractivity contribution in [2.75, 3.05) is 19.7 Å². The number of thiophene rings is 1. The van der Waals surface area contributed by atoms with E-state index in [2.05, 4.69) is 47.3 Å². The van der Waals surface area contributed by atoms with Crippen LogP contribution in [-0.2, 0) is 4.74 Å². The average molecular weight is 395 g/mol. The summed E-state index contributed by atoms with van der Waals surface area (Å²) in [6.07, 6.45) is -0.128. The van der Waals surface area contributed by atoms with Crippen molar-refractivity contribution in [1.29, 1.82) is 0 Å². The van der Waals surface area contributed by atoms with Gasteiger partial charge in [-0.25, -0.2) is 0 Å². The third-order valence-electron chi connectivity index (χ3n) is 2.54. The third-order valence-corrected chi connectivity index (χ3v) is 4.88. The molecule has 1 fully saturated rings. The number of nitrogens with zero attached hydrogens (tertiary/aromatic N) is 2. The summed E-state index contributed by atoms with van der Waals surface area (Å²) >= 11 is 8.47. The van der Waals surface area contributed by atoms with Crippen LogP contribution in [0.1, 0.15) is 11.9 Å². The first-order valence-electron chi connectivity index (χ1n) is 5.35. The van der Waals surface area contributed by atoms with Crippen LogP contribution in [-0.4, -0.2) is 29.8 Å². The van der Waals surface area contributed by atoms with Gasteiger partial charge in [0, 0.05) is 13.1 Å². The third kappa shape index (κ3) is 2.53. The first-order chi connectivity index (χ1) is 8.74. The monoisotopic (exact) mass is 393 g/mol. The van der Waals surface area contributed by atoms with E-state index in [-0.39, 0.29) is 6.10 Å². The maximum Gasteiger partial charge on any atom is 0.260 e. The Labute approximate surface area is 124 Å². The van der Waals surface area contributed by atoms with Crippen molar-refractivity contribution >= 4 is 43.2 Å². The minimum atomic E-state index is -0.128. The van der Waals surface area contributed by atoms with Crippen LogP contribution >= 0.6 is 43.2 Å². The molecule has 0 aromatic carbocycles. The summed E-state index contributed by atoms with van der Waals surface area (Å²) in [5, 5.41) is 7.22. The van der Waals surface area contributed by atoms with Crippen LogP contribution in [0.15, 0.2) is 18.2 Å². The molecule has 0 spiro atoms. The Hall–Kier alpha value is -0.280. The van der Waals surface area contributed by atoms with Crippen molar-refractivity contribution in [3.63, 3.8) is 0 Å². The largest absolute Gasteiger partial charge is 0.367 e. The summed E-state index contributed by atoms with van der Waals surface area (Å²) in [5.41, 5.74) is 0.898. The van der Waals surface area contributed by atoms with Crippen molar-refractivity contribution in [3.05, 3.63) is 19.5 Å². The molecule has 0 aliphatic carbocycles. The van der Waals surface area contributed by atoms with Crippen LogP contribution in [0.3, 0.4) is 0 Å². The summed E-state index contributed by atoms with van der Waals surface area (Å²) in [5.74, 6) is 1.10. The van der Waals surface area contributed by atoms with Crippen LogP contribution in [0.25, 0.3) is 11.5 Å². The second kappa shape index (κ2) is 5.38. The van der Waals surface area contributed by atoms with E-state index in [0.717, 1.165) is 19.7 Å². The molecule has 1 aliphatic heterocycles. The van der Waals surface area contributed by atoms with Gasteiger partial charge in [-0.2, -0.15) is 4.98 Å². The standard InChI is InChI=1S/C10H9Br2N3O2S/c11-7-3-5(8(12)18-7)10-14-9(15-17-10)6-4-13-1-2-16-6/h3,6,13H,1-2,4H2. The van der Waals surface area contributed by atoms with Crippen LogP contribution in [0.5, 0.6) is 0 Å². The van der Waals surface area contributed by atoms with Gasteiger partial charge in [-0.3, -0.25) is 0 Å². The molecule has 0 radical (unpaired) electrons. The van der Waals surface area contributed by atoms with Crippen molar-refractivity contribution in [2.45, 2.75) is 6.10 Å². The van der Waals surface area contributed by atoms with E-state index in [4.69, 9.17) is 9.26 Å². The van der Waals surface area contributed by atoms with E-state index in [1.165, 1.54) is 0 Å². The van der Waals surface area contributed by atoms with Crippen molar-refractivity contribution < 1.29 is 9.26 Å². The lowest BCUT2D eigenvalue weighted by molar-refractivity contribution is 0.0208. The molecule has 2 aromatic heterocycles. The van der Waals surface area contributed by atoms with Gasteiger partial charge < -0.3 is 14.6 Å². The molecule has 5 nitrogen and oxygen atoms in total. The average Bonchev–Trinajstić information content (AvgIpc) is 2.97. The lowest BCUT2D eigenvalue weighted by atomic mass is 10.3. The van der Waals surface area contributed by atoms with Crippen molar-refractivity contribution in [3.8, 4) is 11.5 Å². The van der Waals surface area contributed by atoms with E-state index in [1.54, 1.807) is 11.3 Å². The van der Waals surface area contributed by atoms with Gasteiger partial charge in [0.05, 0.1) is 19.7 Å². The Balaban J connectivity index is 1.86. The minimum Gasteiger partial charge on any atom is -0.367 e. The van der Waals surface area contributed by atoms with Crippen molar-refractivity contribution in [2.24, 2.45) is 0 Å². The van der Waals surface area contributed by atoms with Crippen molar-refractivity contribution in [1.82, 2.24) is 15.5 Å². The van der Waals surface area contributed by atoms with Crippen LogP contribution in [0.4, 0.5) is 0 Å². The Morgan fingerprint density at radius 3 is 3.00 bits per heavy atom. The highest BCUT2D eigenvalue weighted by molar-refractivity contribution is 9.12. The predicted octanol–water partition coefficient (Wildman–Crippen LogP) is 2.98. The zero-order chi connectivity index (χ0) is 12.5. The predicted molar refractivity (Wildman–Crippen MR) is 74.6 cm³/mol. The molecule has 18 heavy (non-hydrogen) atoms. The molecule has 3 heterocycles. The molecular formula is C10H9Br2N3O2S. The molecule has 96 valence electrons. The van der Waals surface area contributed by atoms with Gasteiger partial charge in [0.15, 0.2) is 0 Å². The molecule has 0 bridgehead atoms. The molecule has 8 heteroatoms. The Bertz CT molecular complexity index is 551. The second-order valence-corrected chi connectivity index (χ2v) is 7.51. The van der Waals surface area contributed by atoms with Crippen LogP contribution in [0.2, 0.25) is 0 Å². The summed E-state index contributed by atoms with van der Waals surface area (Å²) in [7, 11) is 0. The van der Waals surface area contributed by atoms with E-state index < -0.39 is 0 Å². The number of aromatic nitrogens is 2. The smallest absolute Gasteiger partial charge is 0.260 e. The minimum absolute atomic E-state index is 0.128. The van der Waals surface area contributed by atoms with Crippen LogP contribution < -0.4 is 5.32 Å². The van der Waals surface area contributed by atoms with Crippen LogP contribution in [0, 0.1) is 0 Å². The summed E-state index contributed by atoms with van der Waals surface area (Å²) in [4.78, 5) is 4.39. The molecule has 3 rings (SSSR count). The van der Waals surface area contributed by atoms with E-state index >= 15 is 0 Å². The first kappa shape index (κ1) is 12.7. The molecule has 2 aromatic rings. The highest BCUT2D eigenvalue weighted by Gasteiger charge is 2.23. The fourth-order valence-electron chi connectivity index (χ4n) is 1.69. The number of nitrogens with one attached hydrogen (secondary N) is 1. The highest BCUT2D eigenvalue weighted by atomic mass is 79.9. The number of hydrogen-bond acceptors (Lipinski definition) is 6. The highest BCUT2D eigenvalue weighted by Crippen LogP contribution is 2.38. The fraction of sp³-hybridized carbons (Fsp3) is 0.400. The molecule has 1 aliphatic rings. The molecule has 0 amide bonds. The fourth-order valence-corrected chi connectivity index (χ4v) is 4.47. The Kier molecular flexibility index (Phi) is 3.81. The van der Waals surface area contributed by atoms with Gasteiger partial charge >= 0.3 is 0 Å².